The molecular weight excluding hydrogens is 328 g/mol. The molecule has 4 nitrogen and oxygen atoms in total. The Kier molecular flexibility index (Phi) is 5.17. The topological polar surface area (TPSA) is 41.0 Å². The van der Waals surface area contributed by atoms with Gasteiger partial charge in [0.15, 0.2) is 0 Å². The molecule has 0 atom stereocenters. The fraction of sp³-hybridized carbons (Fsp3) is 0.375. The van der Waals surface area contributed by atoms with E-state index in [0.717, 1.165) is 28.5 Å². The van der Waals surface area contributed by atoms with Crippen LogP contribution in [0.3, 0.4) is 0 Å². The van der Waals surface area contributed by atoms with E-state index in [1.54, 1.807) is 0 Å². The lowest BCUT2D eigenvalue weighted by Crippen LogP contribution is -2.19. The number of benzene rings is 1. The summed E-state index contributed by atoms with van der Waals surface area (Å²) in [5.74, 6) is 2.93. The van der Waals surface area contributed by atoms with Crippen LogP contribution in [0, 0.1) is 0 Å². The van der Waals surface area contributed by atoms with Crippen LogP contribution >= 0.6 is 15.9 Å². The van der Waals surface area contributed by atoms with Gasteiger partial charge in [0.2, 0.25) is 0 Å². The molecule has 0 saturated carbocycles. The van der Waals surface area contributed by atoms with Gasteiger partial charge in [-0.05, 0) is 11.6 Å². The third kappa shape index (κ3) is 3.94. The molecule has 0 saturated heterocycles. The molecular formula is C16H21BrN4. The second-order valence-electron chi connectivity index (χ2n) is 5.32. The van der Waals surface area contributed by atoms with Crippen molar-refractivity contribution in [3.8, 4) is 0 Å². The molecule has 2 rings (SSSR count). The predicted octanol–water partition coefficient (Wildman–Crippen LogP) is 4.04. The van der Waals surface area contributed by atoms with Crippen molar-refractivity contribution in [2.45, 2.75) is 26.3 Å². The summed E-state index contributed by atoms with van der Waals surface area (Å²) < 4.78 is 1.11. The van der Waals surface area contributed by atoms with Crippen LogP contribution in [0.25, 0.3) is 0 Å². The van der Waals surface area contributed by atoms with Crippen LogP contribution in [0.1, 0.15) is 31.2 Å². The van der Waals surface area contributed by atoms with Crippen molar-refractivity contribution in [3.63, 3.8) is 0 Å². The molecule has 21 heavy (non-hydrogen) atoms. The van der Waals surface area contributed by atoms with Gasteiger partial charge in [0.05, 0.1) is 0 Å². The minimum absolute atomic E-state index is 0.300. The summed E-state index contributed by atoms with van der Waals surface area (Å²) in [4.78, 5) is 11.3. The molecule has 5 heteroatoms. The van der Waals surface area contributed by atoms with E-state index < -0.39 is 0 Å². The van der Waals surface area contributed by atoms with Gasteiger partial charge in [-0.3, -0.25) is 0 Å². The highest BCUT2D eigenvalue weighted by Crippen LogP contribution is 2.23. The number of rotatable bonds is 5. The highest BCUT2D eigenvalue weighted by Gasteiger charge is 2.11. The van der Waals surface area contributed by atoms with Crippen molar-refractivity contribution in [2.24, 2.45) is 0 Å². The molecule has 1 aromatic heterocycles. The van der Waals surface area contributed by atoms with Crippen LogP contribution in [0.4, 0.5) is 11.6 Å². The number of hydrogen-bond donors (Lipinski definition) is 1. The summed E-state index contributed by atoms with van der Waals surface area (Å²) in [6, 6.07) is 10.2. The number of aromatic nitrogens is 2. The molecule has 0 radical (unpaired) electrons. The first-order chi connectivity index (χ1) is 10.0. The van der Waals surface area contributed by atoms with E-state index >= 15 is 0 Å². The first-order valence-electron chi connectivity index (χ1n) is 7.02. The lowest BCUT2D eigenvalue weighted by molar-refractivity contribution is 0.763. The molecule has 2 aromatic rings. The van der Waals surface area contributed by atoms with Crippen molar-refractivity contribution in [3.05, 3.63) is 46.2 Å². The highest BCUT2D eigenvalue weighted by atomic mass is 79.9. The Morgan fingerprint density at radius 1 is 1.24 bits per heavy atom. The lowest BCUT2D eigenvalue weighted by Gasteiger charge is -2.21. The maximum absolute atomic E-state index is 4.67. The summed E-state index contributed by atoms with van der Waals surface area (Å²) in [7, 11) is 3.93. The Bertz CT molecular complexity index is 613. The lowest BCUT2D eigenvalue weighted by atomic mass is 10.2. The van der Waals surface area contributed by atoms with Gasteiger partial charge < -0.3 is 10.2 Å². The van der Waals surface area contributed by atoms with E-state index in [4.69, 9.17) is 0 Å². The highest BCUT2D eigenvalue weighted by molar-refractivity contribution is 9.10. The first kappa shape index (κ1) is 15.8. The number of halogens is 1. The largest absolute Gasteiger partial charge is 0.373 e. The van der Waals surface area contributed by atoms with Gasteiger partial charge in [0.1, 0.15) is 17.5 Å². The second kappa shape index (κ2) is 6.89. The van der Waals surface area contributed by atoms with E-state index in [-0.39, 0.29) is 0 Å². The predicted molar refractivity (Wildman–Crippen MR) is 91.9 cm³/mol. The maximum atomic E-state index is 4.67. The normalized spacial score (nSPS) is 10.8. The van der Waals surface area contributed by atoms with Crippen LogP contribution in [-0.4, -0.2) is 24.1 Å². The van der Waals surface area contributed by atoms with Crippen molar-refractivity contribution in [1.82, 2.24) is 9.97 Å². The van der Waals surface area contributed by atoms with Gasteiger partial charge in [0, 0.05) is 37.1 Å². The van der Waals surface area contributed by atoms with E-state index in [0.29, 0.717) is 5.92 Å². The molecule has 0 unspecified atom stereocenters. The standard InChI is InChI=1S/C16H21BrN4/c1-11(2)16-19-14(18-3)9-15(20-16)21(4)10-12-7-5-6-8-13(12)17/h5-9,11H,10H2,1-4H3,(H,18,19,20). The van der Waals surface area contributed by atoms with E-state index in [1.807, 2.05) is 32.3 Å². The Morgan fingerprint density at radius 3 is 2.57 bits per heavy atom. The van der Waals surface area contributed by atoms with E-state index in [2.05, 4.69) is 62.1 Å². The van der Waals surface area contributed by atoms with Gasteiger partial charge in [-0.2, -0.15) is 0 Å². The smallest absolute Gasteiger partial charge is 0.135 e. The van der Waals surface area contributed by atoms with Crippen LogP contribution in [0.2, 0.25) is 0 Å². The summed E-state index contributed by atoms with van der Waals surface area (Å²) in [6.45, 7) is 5.00. The van der Waals surface area contributed by atoms with E-state index in [1.165, 1.54) is 5.56 Å². The first-order valence-corrected chi connectivity index (χ1v) is 7.82. The van der Waals surface area contributed by atoms with Crippen LogP contribution in [0.15, 0.2) is 34.8 Å². The van der Waals surface area contributed by atoms with E-state index in [9.17, 15) is 0 Å². The van der Waals surface area contributed by atoms with Crippen molar-refractivity contribution in [2.75, 3.05) is 24.3 Å². The molecule has 1 aromatic carbocycles. The Hall–Kier alpha value is -1.62. The fourth-order valence-corrected chi connectivity index (χ4v) is 2.41. The summed E-state index contributed by atoms with van der Waals surface area (Å²) in [6.07, 6.45) is 0. The molecule has 0 amide bonds. The molecule has 0 spiro atoms. The molecule has 112 valence electrons. The molecule has 0 bridgehead atoms. The minimum atomic E-state index is 0.300. The minimum Gasteiger partial charge on any atom is -0.373 e. The van der Waals surface area contributed by atoms with Gasteiger partial charge in [-0.25, -0.2) is 9.97 Å². The summed E-state index contributed by atoms with van der Waals surface area (Å²) >= 11 is 3.59. The fourth-order valence-electron chi connectivity index (χ4n) is 2.00. The number of nitrogens with zero attached hydrogens (tertiary/aromatic N) is 3. The second-order valence-corrected chi connectivity index (χ2v) is 6.18. The number of nitrogens with one attached hydrogen (secondary N) is 1. The third-order valence-corrected chi connectivity index (χ3v) is 4.03. The van der Waals surface area contributed by atoms with Crippen molar-refractivity contribution >= 4 is 27.6 Å². The molecule has 0 aliphatic rings. The van der Waals surface area contributed by atoms with Crippen molar-refractivity contribution < 1.29 is 0 Å². The van der Waals surface area contributed by atoms with Gasteiger partial charge in [0.25, 0.3) is 0 Å². The van der Waals surface area contributed by atoms with Gasteiger partial charge >= 0.3 is 0 Å². The molecule has 0 aliphatic carbocycles. The zero-order chi connectivity index (χ0) is 15.4. The van der Waals surface area contributed by atoms with Gasteiger partial charge in [-0.15, -0.1) is 0 Å². The van der Waals surface area contributed by atoms with Crippen molar-refractivity contribution in [1.29, 1.82) is 0 Å². The SMILES string of the molecule is CNc1cc(N(C)Cc2ccccc2Br)nc(C(C)C)n1. The Morgan fingerprint density at radius 2 is 1.95 bits per heavy atom. The third-order valence-electron chi connectivity index (χ3n) is 3.26. The number of anilines is 2. The number of hydrogen-bond acceptors (Lipinski definition) is 4. The molecule has 1 N–H and O–H groups in total. The zero-order valence-corrected chi connectivity index (χ0v) is 14.5. The average Bonchev–Trinajstić information content (AvgIpc) is 2.49. The Labute approximate surface area is 134 Å². The Balaban J connectivity index is 2.28. The van der Waals surface area contributed by atoms with Crippen LogP contribution < -0.4 is 10.2 Å². The van der Waals surface area contributed by atoms with Crippen LogP contribution in [-0.2, 0) is 6.54 Å². The maximum Gasteiger partial charge on any atom is 0.135 e. The molecule has 0 aliphatic heterocycles. The zero-order valence-electron chi connectivity index (χ0n) is 12.9. The summed E-state index contributed by atoms with van der Waals surface area (Å²) in [5.41, 5.74) is 1.23. The average molecular weight is 349 g/mol. The molecule has 1 heterocycles. The molecule has 0 fully saturated rings. The summed E-state index contributed by atoms with van der Waals surface area (Å²) in [5, 5.41) is 3.11. The van der Waals surface area contributed by atoms with Crippen LogP contribution in [0.5, 0.6) is 0 Å². The van der Waals surface area contributed by atoms with Gasteiger partial charge in [-0.1, -0.05) is 48.0 Å². The monoisotopic (exact) mass is 348 g/mol. The quantitative estimate of drug-likeness (QED) is 0.885.